The summed E-state index contributed by atoms with van der Waals surface area (Å²) >= 11 is 0. The smallest absolute Gasteiger partial charge is 0.198 e. The Bertz CT molecular complexity index is 655. The maximum atomic E-state index is 5.98. The van der Waals surface area contributed by atoms with Gasteiger partial charge in [0.1, 0.15) is 0 Å². The van der Waals surface area contributed by atoms with E-state index in [0.717, 1.165) is 58.1 Å². The topological polar surface area (TPSA) is 46.1 Å². The van der Waals surface area contributed by atoms with Crippen molar-refractivity contribution in [3.05, 3.63) is 29.8 Å². The molecule has 3 aliphatic rings. The zero-order valence-electron chi connectivity index (χ0n) is 17.0. The van der Waals surface area contributed by atoms with Crippen LogP contribution in [0.3, 0.4) is 0 Å². The fourth-order valence-electron chi connectivity index (χ4n) is 4.96. The van der Waals surface area contributed by atoms with Crippen LogP contribution in [0.4, 0.5) is 5.69 Å². The van der Waals surface area contributed by atoms with E-state index in [9.17, 15) is 0 Å². The van der Waals surface area contributed by atoms with Crippen LogP contribution in [-0.2, 0) is 14.9 Å². The summed E-state index contributed by atoms with van der Waals surface area (Å²) in [4.78, 5) is 6.99. The fourth-order valence-corrected chi connectivity index (χ4v) is 4.96. The molecule has 1 saturated heterocycles. The number of guanidine groups is 1. The molecule has 2 heterocycles. The minimum atomic E-state index is 0. The average molecular weight is 499 g/mol. The molecule has 1 N–H and O–H groups in total. The van der Waals surface area contributed by atoms with E-state index in [-0.39, 0.29) is 24.0 Å². The number of aliphatic imine (C=N–C) groups is 1. The third kappa shape index (κ3) is 4.65. The number of rotatable bonds is 5. The predicted octanol–water partition coefficient (Wildman–Crippen LogP) is 4.10. The van der Waals surface area contributed by atoms with E-state index in [1.807, 2.05) is 7.05 Å². The second kappa shape index (κ2) is 10.3. The molecule has 0 bridgehead atoms. The summed E-state index contributed by atoms with van der Waals surface area (Å²) in [5, 5.41) is 3.57. The molecule has 156 valence electrons. The summed E-state index contributed by atoms with van der Waals surface area (Å²) < 4.78 is 11.4. The van der Waals surface area contributed by atoms with E-state index in [2.05, 4.69) is 39.5 Å². The molecule has 1 aromatic rings. The lowest BCUT2D eigenvalue weighted by Gasteiger charge is -2.27. The van der Waals surface area contributed by atoms with E-state index in [1.165, 1.54) is 36.9 Å². The number of nitrogens with zero attached hydrogens (tertiary/aromatic N) is 2. The van der Waals surface area contributed by atoms with Crippen LogP contribution in [0, 0.1) is 0 Å². The highest BCUT2D eigenvalue weighted by atomic mass is 127. The van der Waals surface area contributed by atoms with Crippen molar-refractivity contribution >= 4 is 35.6 Å². The second-order valence-electron chi connectivity index (χ2n) is 8.10. The van der Waals surface area contributed by atoms with Gasteiger partial charge in [-0.05, 0) is 43.7 Å². The summed E-state index contributed by atoms with van der Waals surface area (Å²) in [7, 11) is 1.89. The summed E-state index contributed by atoms with van der Waals surface area (Å²) in [6.07, 6.45) is 8.73. The van der Waals surface area contributed by atoms with E-state index >= 15 is 0 Å². The van der Waals surface area contributed by atoms with Crippen LogP contribution >= 0.6 is 24.0 Å². The van der Waals surface area contributed by atoms with Crippen molar-refractivity contribution in [2.75, 3.05) is 44.9 Å². The molecule has 2 aliphatic heterocycles. The summed E-state index contributed by atoms with van der Waals surface area (Å²) in [5.74, 6) is 0.997. The molecular weight excluding hydrogens is 465 g/mol. The number of anilines is 1. The van der Waals surface area contributed by atoms with Crippen molar-refractivity contribution in [1.29, 1.82) is 0 Å². The zero-order chi connectivity index (χ0) is 18.5. The van der Waals surface area contributed by atoms with Crippen LogP contribution in [0.2, 0.25) is 0 Å². The standard InChI is InChI=1S/C22H33N3O2.HI/c1-23-21(24-13-6-14-27-18-9-15-26-16-10-18)25-17-22(11-4-5-12-22)19-7-2-3-8-20(19)25;/h2-3,7-8,18H,4-6,9-17H2,1H3,(H,23,24);1H. The quantitative estimate of drug-likeness (QED) is 0.287. The molecule has 2 fully saturated rings. The van der Waals surface area contributed by atoms with Crippen LogP contribution in [0.5, 0.6) is 0 Å². The Kier molecular flexibility index (Phi) is 8.00. The third-order valence-corrected chi connectivity index (χ3v) is 6.38. The minimum Gasteiger partial charge on any atom is -0.381 e. The molecule has 0 atom stereocenters. The molecule has 28 heavy (non-hydrogen) atoms. The SMILES string of the molecule is CN=C(NCCCOC1CCOCC1)N1CC2(CCCC2)c2ccccc21.I. The van der Waals surface area contributed by atoms with Crippen molar-refractivity contribution in [1.82, 2.24) is 5.32 Å². The van der Waals surface area contributed by atoms with Crippen molar-refractivity contribution in [3.63, 3.8) is 0 Å². The predicted molar refractivity (Wildman–Crippen MR) is 125 cm³/mol. The van der Waals surface area contributed by atoms with Gasteiger partial charge in [0, 0.05) is 51.1 Å². The van der Waals surface area contributed by atoms with Crippen LogP contribution in [0.15, 0.2) is 29.3 Å². The van der Waals surface area contributed by atoms with Crippen LogP contribution in [-0.4, -0.2) is 52.0 Å². The molecule has 5 nitrogen and oxygen atoms in total. The first-order valence-electron chi connectivity index (χ1n) is 10.6. The Hall–Kier alpha value is -0.860. The molecule has 0 aromatic heterocycles. The third-order valence-electron chi connectivity index (χ3n) is 6.38. The van der Waals surface area contributed by atoms with E-state index in [1.54, 1.807) is 0 Å². The highest BCUT2D eigenvalue weighted by molar-refractivity contribution is 14.0. The molecular formula is C22H34IN3O2. The maximum Gasteiger partial charge on any atom is 0.198 e. The van der Waals surface area contributed by atoms with Crippen LogP contribution < -0.4 is 10.2 Å². The summed E-state index contributed by atoms with van der Waals surface area (Å²) in [6, 6.07) is 8.92. The second-order valence-corrected chi connectivity index (χ2v) is 8.10. The van der Waals surface area contributed by atoms with Crippen molar-refractivity contribution in [2.45, 2.75) is 56.5 Å². The Morgan fingerprint density at radius 2 is 2.00 bits per heavy atom. The Morgan fingerprint density at radius 3 is 2.75 bits per heavy atom. The van der Waals surface area contributed by atoms with Gasteiger partial charge in [-0.3, -0.25) is 4.99 Å². The van der Waals surface area contributed by atoms with Gasteiger partial charge in [-0.15, -0.1) is 24.0 Å². The van der Waals surface area contributed by atoms with E-state index in [4.69, 9.17) is 9.47 Å². The zero-order valence-corrected chi connectivity index (χ0v) is 19.3. The number of ether oxygens (including phenoxy) is 2. The fraction of sp³-hybridized carbons (Fsp3) is 0.682. The molecule has 1 aliphatic carbocycles. The van der Waals surface area contributed by atoms with Gasteiger partial charge < -0.3 is 19.7 Å². The molecule has 1 aromatic carbocycles. The number of benzene rings is 1. The number of hydrogen-bond donors (Lipinski definition) is 1. The largest absolute Gasteiger partial charge is 0.381 e. The van der Waals surface area contributed by atoms with Crippen molar-refractivity contribution in [2.24, 2.45) is 4.99 Å². The number of halogens is 1. The lowest BCUT2D eigenvalue weighted by molar-refractivity contribution is -0.0320. The minimum absolute atomic E-state index is 0. The maximum absolute atomic E-state index is 5.98. The average Bonchev–Trinajstić information content (AvgIpc) is 3.32. The van der Waals surface area contributed by atoms with Gasteiger partial charge in [-0.1, -0.05) is 31.0 Å². The normalized spacial score (nSPS) is 21.6. The van der Waals surface area contributed by atoms with Gasteiger partial charge in [0.15, 0.2) is 5.96 Å². The van der Waals surface area contributed by atoms with Gasteiger partial charge in [0.25, 0.3) is 0 Å². The first-order chi connectivity index (χ1) is 13.3. The van der Waals surface area contributed by atoms with Crippen LogP contribution in [0.1, 0.15) is 50.5 Å². The Balaban J connectivity index is 0.00000225. The number of nitrogens with one attached hydrogen (secondary N) is 1. The number of hydrogen-bond acceptors (Lipinski definition) is 3. The first kappa shape index (κ1) is 21.8. The molecule has 0 amide bonds. The molecule has 1 saturated carbocycles. The van der Waals surface area contributed by atoms with Gasteiger partial charge in [0.2, 0.25) is 0 Å². The monoisotopic (exact) mass is 499 g/mol. The first-order valence-corrected chi connectivity index (χ1v) is 10.6. The highest BCUT2D eigenvalue weighted by Crippen LogP contribution is 2.50. The van der Waals surface area contributed by atoms with Crippen molar-refractivity contribution < 1.29 is 9.47 Å². The molecule has 4 rings (SSSR count). The van der Waals surface area contributed by atoms with Crippen molar-refractivity contribution in [3.8, 4) is 0 Å². The molecule has 0 radical (unpaired) electrons. The molecule has 6 heteroatoms. The Labute approximate surface area is 186 Å². The highest BCUT2D eigenvalue weighted by Gasteiger charge is 2.45. The lowest BCUT2D eigenvalue weighted by atomic mass is 9.81. The van der Waals surface area contributed by atoms with Gasteiger partial charge >= 0.3 is 0 Å². The van der Waals surface area contributed by atoms with Gasteiger partial charge in [-0.2, -0.15) is 0 Å². The lowest BCUT2D eigenvalue weighted by Crippen LogP contribution is -2.43. The summed E-state index contributed by atoms with van der Waals surface area (Å²) in [5.41, 5.74) is 3.19. The van der Waals surface area contributed by atoms with Gasteiger partial charge in [-0.25, -0.2) is 0 Å². The molecule has 0 unspecified atom stereocenters. The number of para-hydroxylation sites is 1. The van der Waals surface area contributed by atoms with Crippen LogP contribution in [0.25, 0.3) is 0 Å². The Morgan fingerprint density at radius 1 is 1.25 bits per heavy atom. The number of fused-ring (bicyclic) bond motifs is 2. The van der Waals surface area contributed by atoms with E-state index in [0.29, 0.717) is 11.5 Å². The van der Waals surface area contributed by atoms with Gasteiger partial charge in [0.05, 0.1) is 6.10 Å². The molecule has 1 spiro atoms. The summed E-state index contributed by atoms with van der Waals surface area (Å²) in [6.45, 7) is 4.43. The van der Waals surface area contributed by atoms with E-state index < -0.39 is 0 Å².